The summed E-state index contributed by atoms with van der Waals surface area (Å²) in [6.07, 6.45) is 3.41. The number of aliphatic carboxylic acids is 1. The van der Waals surface area contributed by atoms with E-state index < -0.39 is 11.9 Å². The lowest BCUT2D eigenvalue weighted by atomic mass is 10.1. The zero-order valence-corrected chi connectivity index (χ0v) is 15.5. The maximum absolute atomic E-state index is 12.2. The van der Waals surface area contributed by atoms with Crippen molar-refractivity contribution < 1.29 is 19.1 Å². The molecule has 1 aromatic heterocycles. The monoisotopic (exact) mass is 375 g/mol. The summed E-state index contributed by atoms with van der Waals surface area (Å²) in [6, 6.07) is 20.0. The number of benzene rings is 2. The summed E-state index contributed by atoms with van der Waals surface area (Å²) in [5.41, 5.74) is 2.29. The molecule has 2 aromatic carbocycles. The van der Waals surface area contributed by atoms with Crippen molar-refractivity contribution in [2.45, 2.75) is 19.8 Å². The number of amides is 1. The van der Waals surface area contributed by atoms with Gasteiger partial charge in [0.1, 0.15) is 17.2 Å². The van der Waals surface area contributed by atoms with Gasteiger partial charge >= 0.3 is 5.97 Å². The molecule has 5 nitrogen and oxygen atoms in total. The Hall–Kier alpha value is -3.60. The van der Waals surface area contributed by atoms with Crippen molar-refractivity contribution in [1.29, 1.82) is 0 Å². The molecule has 142 valence electrons. The van der Waals surface area contributed by atoms with E-state index in [0.717, 1.165) is 18.4 Å². The highest BCUT2D eigenvalue weighted by Gasteiger charge is 2.14. The number of carboxylic acid groups (broad SMARTS) is 1. The van der Waals surface area contributed by atoms with Crippen LogP contribution in [0.3, 0.4) is 0 Å². The van der Waals surface area contributed by atoms with E-state index in [1.54, 1.807) is 42.5 Å². The van der Waals surface area contributed by atoms with Gasteiger partial charge in [-0.2, -0.15) is 0 Å². The van der Waals surface area contributed by atoms with Crippen molar-refractivity contribution in [3.8, 4) is 11.3 Å². The summed E-state index contributed by atoms with van der Waals surface area (Å²) in [4.78, 5) is 23.7. The summed E-state index contributed by atoms with van der Waals surface area (Å²) >= 11 is 0. The molecule has 3 aromatic rings. The number of furan rings is 1. The third kappa shape index (κ3) is 4.76. The highest BCUT2D eigenvalue weighted by atomic mass is 16.4. The van der Waals surface area contributed by atoms with Gasteiger partial charge in [-0.25, -0.2) is 4.79 Å². The third-order valence-corrected chi connectivity index (χ3v) is 4.21. The molecule has 0 aliphatic rings. The molecule has 1 amide bonds. The fourth-order valence-corrected chi connectivity index (χ4v) is 2.79. The molecule has 0 aliphatic heterocycles. The topological polar surface area (TPSA) is 79.5 Å². The zero-order valence-electron chi connectivity index (χ0n) is 15.5. The average Bonchev–Trinajstić information content (AvgIpc) is 3.17. The van der Waals surface area contributed by atoms with Crippen LogP contribution in [0.4, 0.5) is 0 Å². The number of rotatable bonds is 7. The van der Waals surface area contributed by atoms with Crippen molar-refractivity contribution >= 4 is 18.0 Å². The maximum Gasteiger partial charge on any atom is 0.352 e. The molecule has 0 unspecified atom stereocenters. The van der Waals surface area contributed by atoms with Crippen LogP contribution < -0.4 is 5.32 Å². The second kappa shape index (κ2) is 8.86. The first-order valence-corrected chi connectivity index (χ1v) is 9.07. The fraction of sp³-hybridized carbons (Fsp3) is 0.130. The molecule has 1 heterocycles. The third-order valence-electron chi connectivity index (χ3n) is 4.21. The first-order chi connectivity index (χ1) is 13.6. The Balaban J connectivity index is 1.78. The number of nitrogens with one attached hydrogen (secondary N) is 1. The number of hydrogen-bond donors (Lipinski definition) is 2. The van der Waals surface area contributed by atoms with Crippen LogP contribution in [0.15, 0.2) is 76.8 Å². The van der Waals surface area contributed by atoms with Gasteiger partial charge in [0, 0.05) is 17.2 Å². The Morgan fingerprint density at radius 3 is 2.36 bits per heavy atom. The van der Waals surface area contributed by atoms with Crippen LogP contribution >= 0.6 is 0 Å². The second-order valence-electron chi connectivity index (χ2n) is 6.33. The van der Waals surface area contributed by atoms with Gasteiger partial charge in [0.15, 0.2) is 0 Å². The van der Waals surface area contributed by atoms with Gasteiger partial charge in [0.05, 0.1) is 0 Å². The predicted octanol–water partition coefficient (Wildman–Crippen LogP) is 4.75. The molecule has 0 saturated carbocycles. The number of carbonyl (C=O) groups is 2. The molecular weight excluding hydrogens is 354 g/mol. The van der Waals surface area contributed by atoms with E-state index in [-0.39, 0.29) is 5.70 Å². The van der Waals surface area contributed by atoms with Gasteiger partial charge < -0.3 is 14.8 Å². The van der Waals surface area contributed by atoms with Crippen molar-refractivity contribution in [1.82, 2.24) is 5.32 Å². The molecule has 0 aliphatic carbocycles. The first kappa shape index (κ1) is 19.2. The van der Waals surface area contributed by atoms with Crippen LogP contribution in [0, 0.1) is 0 Å². The van der Waals surface area contributed by atoms with Crippen molar-refractivity contribution in [2.75, 3.05) is 0 Å². The highest BCUT2D eigenvalue weighted by Crippen LogP contribution is 2.24. The molecule has 3 rings (SSSR count). The Morgan fingerprint density at radius 2 is 1.71 bits per heavy atom. The summed E-state index contributed by atoms with van der Waals surface area (Å²) in [5, 5.41) is 11.8. The van der Waals surface area contributed by atoms with Crippen LogP contribution in [-0.2, 0) is 11.2 Å². The lowest BCUT2D eigenvalue weighted by Gasteiger charge is -2.05. The van der Waals surface area contributed by atoms with Gasteiger partial charge in [-0.3, -0.25) is 4.79 Å². The average molecular weight is 375 g/mol. The van der Waals surface area contributed by atoms with Gasteiger partial charge in [0.25, 0.3) is 5.91 Å². The summed E-state index contributed by atoms with van der Waals surface area (Å²) in [5.74, 6) is -0.759. The SMILES string of the molecule is CCCc1ccc(-c2ccc(C=C(NC(=O)c3ccccc3)C(=O)O)o2)cc1. The van der Waals surface area contributed by atoms with Crippen LogP contribution in [0.25, 0.3) is 17.4 Å². The summed E-state index contributed by atoms with van der Waals surface area (Å²) in [6.45, 7) is 2.13. The molecule has 0 saturated heterocycles. The molecule has 2 N–H and O–H groups in total. The van der Waals surface area contributed by atoms with Crippen molar-refractivity contribution in [3.63, 3.8) is 0 Å². The molecule has 28 heavy (non-hydrogen) atoms. The standard InChI is InChI=1S/C23H21NO4/c1-2-6-16-9-11-17(12-10-16)21-14-13-19(28-21)15-20(23(26)27)24-22(25)18-7-4-3-5-8-18/h3-5,7-15H,2,6H2,1H3,(H,24,25)(H,26,27). The van der Waals surface area contributed by atoms with E-state index >= 15 is 0 Å². The zero-order chi connectivity index (χ0) is 19.9. The normalized spacial score (nSPS) is 11.2. The highest BCUT2D eigenvalue weighted by molar-refractivity contribution is 6.02. The molecule has 0 atom stereocenters. The number of carbonyl (C=O) groups excluding carboxylic acids is 1. The van der Waals surface area contributed by atoms with E-state index in [4.69, 9.17) is 4.42 Å². The number of aryl methyl sites for hydroxylation is 1. The minimum Gasteiger partial charge on any atom is -0.477 e. The minimum atomic E-state index is -1.24. The van der Waals surface area contributed by atoms with Gasteiger partial charge in [-0.1, -0.05) is 55.8 Å². The van der Waals surface area contributed by atoms with Crippen LogP contribution in [-0.4, -0.2) is 17.0 Å². The molecule has 5 heteroatoms. The smallest absolute Gasteiger partial charge is 0.352 e. The van der Waals surface area contributed by atoms with Crippen LogP contribution in [0.5, 0.6) is 0 Å². The lowest BCUT2D eigenvalue weighted by molar-refractivity contribution is -0.132. The van der Waals surface area contributed by atoms with Crippen molar-refractivity contribution in [3.05, 3.63) is 89.3 Å². The number of hydrogen-bond acceptors (Lipinski definition) is 3. The van der Waals surface area contributed by atoms with Gasteiger partial charge in [-0.15, -0.1) is 0 Å². The fourth-order valence-electron chi connectivity index (χ4n) is 2.79. The van der Waals surface area contributed by atoms with E-state index in [2.05, 4.69) is 24.4 Å². The van der Waals surface area contributed by atoms with Crippen molar-refractivity contribution in [2.24, 2.45) is 0 Å². The molecule has 0 spiro atoms. The van der Waals surface area contributed by atoms with E-state index in [9.17, 15) is 14.7 Å². The molecule has 0 radical (unpaired) electrons. The minimum absolute atomic E-state index is 0.256. The molecule has 0 fully saturated rings. The maximum atomic E-state index is 12.2. The largest absolute Gasteiger partial charge is 0.477 e. The second-order valence-corrected chi connectivity index (χ2v) is 6.33. The van der Waals surface area contributed by atoms with Crippen LogP contribution in [0.2, 0.25) is 0 Å². The lowest BCUT2D eigenvalue weighted by Crippen LogP contribution is -2.27. The molecular formula is C23H21NO4. The Bertz CT molecular complexity index is 985. The van der Waals surface area contributed by atoms with Crippen LogP contribution in [0.1, 0.15) is 35.0 Å². The van der Waals surface area contributed by atoms with E-state index in [0.29, 0.717) is 17.1 Å². The summed E-state index contributed by atoms with van der Waals surface area (Å²) < 4.78 is 5.75. The Labute approximate surface area is 163 Å². The van der Waals surface area contributed by atoms with Gasteiger partial charge in [-0.05, 0) is 36.2 Å². The molecule has 0 bridgehead atoms. The quantitative estimate of drug-likeness (QED) is 0.584. The van der Waals surface area contributed by atoms with Gasteiger partial charge in [0.2, 0.25) is 0 Å². The summed E-state index contributed by atoms with van der Waals surface area (Å²) in [7, 11) is 0. The predicted molar refractivity (Wildman–Crippen MR) is 108 cm³/mol. The number of carboxylic acids is 1. The van der Waals surface area contributed by atoms with E-state index in [1.165, 1.54) is 11.6 Å². The Kier molecular flexibility index (Phi) is 6.07. The Morgan fingerprint density at radius 1 is 1.00 bits per heavy atom. The first-order valence-electron chi connectivity index (χ1n) is 9.07. The van der Waals surface area contributed by atoms with E-state index in [1.807, 2.05) is 12.1 Å².